The molecule has 1 nitrogen and oxygen atoms in total. The first-order valence-electron chi connectivity index (χ1n) is 7.19. The Labute approximate surface area is 123 Å². The maximum absolute atomic E-state index is 8.69. The van der Waals surface area contributed by atoms with Gasteiger partial charge in [-0.2, -0.15) is 11.8 Å². The summed E-state index contributed by atoms with van der Waals surface area (Å²) in [5, 5.41) is 8.69. The van der Waals surface area contributed by atoms with E-state index in [0.29, 0.717) is 0 Å². The van der Waals surface area contributed by atoms with Crippen LogP contribution >= 0.6 is 11.8 Å². The summed E-state index contributed by atoms with van der Waals surface area (Å²) >= 11 is 1.79. The zero-order valence-corrected chi connectivity index (χ0v) is 13.9. The Bertz CT molecular complexity index is 309. The summed E-state index contributed by atoms with van der Waals surface area (Å²) in [5.41, 5.74) is 4.37. The zero-order valence-electron chi connectivity index (χ0n) is 13.0. The Morgan fingerprint density at radius 3 is 2.05 bits per heavy atom. The molecule has 110 valence electrons. The van der Waals surface area contributed by atoms with Crippen LogP contribution in [0.5, 0.6) is 0 Å². The first-order chi connectivity index (χ1) is 9.06. The highest BCUT2D eigenvalue weighted by molar-refractivity contribution is 7.99. The molecule has 19 heavy (non-hydrogen) atoms. The molecule has 0 rings (SSSR count). The van der Waals surface area contributed by atoms with Crippen LogP contribution in [0.3, 0.4) is 0 Å². The second kappa shape index (κ2) is 12.6. The summed E-state index contributed by atoms with van der Waals surface area (Å²) in [6.07, 6.45) is 11.6. The third-order valence-electron chi connectivity index (χ3n) is 2.91. The molecule has 0 aliphatic heterocycles. The molecule has 0 aromatic heterocycles. The van der Waals surface area contributed by atoms with Crippen LogP contribution in [0, 0.1) is 0 Å². The van der Waals surface area contributed by atoms with Crippen LogP contribution in [0.2, 0.25) is 0 Å². The number of hydrogen-bond donors (Lipinski definition) is 1. The fourth-order valence-electron chi connectivity index (χ4n) is 1.69. The quantitative estimate of drug-likeness (QED) is 0.443. The van der Waals surface area contributed by atoms with Crippen molar-refractivity contribution in [3.8, 4) is 0 Å². The molecule has 2 heteroatoms. The van der Waals surface area contributed by atoms with Crippen LogP contribution in [0.4, 0.5) is 0 Å². The molecule has 0 heterocycles. The van der Waals surface area contributed by atoms with Crippen molar-refractivity contribution in [2.24, 2.45) is 0 Å². The predicted molar refractivity (Wildman–Crippen MR) is 89.8 cm³/mol. The van der Waals surface area contributed by atoms with E-state index in [2.05, 4.69) is 45.9 Å². The number of allylic oxidation sites excluding steroid dienone is 5. The van der Waals surface area contributed by atoms with Crippen molar-refractivity contribution >= 4 is 11.8 Å². The van der Waals surface area contributed by atoms with Crippen molar-refractivity contribution in [1.82, 2.24) is 0 Å². The standard InChI is InChI=1S/C17H30OS/c1-15(2)7-5-8-16(3)9-6-10-17(4)11-13-19-14-12-18/h7,9,11,18H,5-6,8,10,12-14H2,1-4H3/b16-9+,17-11+. The van der Waals surface area contributed by atoms with Gasteiger partial charge in [-0.25, -0.2) is 0 Å². The molecule has 0 radical (unpaired) electrons. The second-order valence-corrected chi connectivity index (χ2v) is 6.41. The minimum absolute atomic E-state index is 0.283. The highest BCUT2D eigenvalue weighted by Gasteiger charge is 1.92. The lowest BCUT2D eigenvalue weighted by molar-refractivity contribution is 0.322. The maximum atomic E-state index is 8.69. The van der Waals surface area contributed by atoms with E-state index in [1.807, 2.05) is 0 Å². The molecule has 0 aliphatic rings. The number of hydrogen-bond acceptors (Lipinski definition) is 2. The van der Waals surface area contributed by atoms with E-state index in [0.717, 1.165) is 30.8 Å². The summed E-state index contributed by atoms with van der Waals surface area (Å²) in [5.74, 6) is 1.86. The van der Waals surface area contributed by atoms with Gasteiger partial charge in [0.2, 0.25) is 0 Å². The second-order valence-electron chi connectivity index (χ2n) is 5.26. The van der Waals surface area contributed by atoms with E-state index in [1.165, 1.54) is 23.1 Å². The maximum Gasteiger partial charge on any atom is 0.0521 e. The van der Waals surface area contributed by atoms with Gasteiger partial charge in [-0.05, 0) is 53.4 Å². The van der Waals surface area contributed by atoms with E-state index in [9.17, 15) is 0 Å². The van der Waals surface area contributed by atoms with Crippen LogP contribution in [-0.4, -0.2) is 23.2 Å². The van der Waals surface area contributed by atoms with Crippen molar-refractivity contribution in [3.05, 3.63) is 34.9 Å². The molecule has 0 aliphatic carbocycles. The molecule has 0 amide bonds. The monoisotopic (exact) mass is 282 g/mol. The predicted octanol–water partition coefficient (Wildman–Crippen LogP) is 5.13. The van der Waals surface area contributed by atoms with Gasteiger partial charge in [0.15, 0.2) is 0 Å². The van der Waals surface area contributed by atoms with Crippen LogP contribution in [0.1, 0.15) is 53.4 Å². The number of thioether (sulfide) groups is 1. The van der Waals surface area contributed by atoms with Gasteiger partial charge in [0.1, 0.15) is 0 Å². The van der Waals surface area contributed by atoms with Gasteiger partial charge < -0.3 is 5.11 Å². The average Bonchev–Trinajstić information content (AvgIpc) is 2.34. The Morgan fingerprint density at radius 2 is 1.47 bits per heavy atom. The minimum atomic E-state index is 0.283. The molecule has 0 spiro atoms. The summed E-state index contributed by atoms with van der Waals surface area (Å²) in [6.45, 7) is 9.02. The molecule has 0 aromatic carbocycles. The van der Waals surface area contributed by atoms with Gasteiger partial charge in [-0.1, -0.05) is 34.9 Å². The van der Waals surface area contributed by atoms with Crippen molar-refractivity contribution < 1.29 is 5.11 Å². The van der Waals surface area contributed by atoms with Gasteiger partial charge in [0.25, 0.3) is 0 Å². The Morgan fingerprint density at radius 1 is 0.895 bits per heavy atom. The van der Waals surface area contributed by atoms with Crippen molar-refractivity contribution in [2.45, 2.75) is 53.4 Å². The summed E-state index contributed by atoms with van der Waals surface area (Å²) in [7, 11) is 0. The van der Waals surface area contributed by atoms with E-state index in [1.54, 1.807) is 11.8 Å². The molecular formula is C17H30OS. The lowest BCUT2D eigenvalue weighted by Crippen LogP contribution is -1.87. The molecule has 0 saturated heterocycles. The number of aliphatic hydroxyl groups excluding tert-OH is 1. The van der Waals surface area contributed by atoms with E-state index >= 15 is 0 Å². The SMILES string of the molecule is CC(C)=CCC/C(C)=C/CC/C(C)=C/CSCCO. The Hall–Kier alpha value is -0.470. The van der Waals surface area contributed by atoms with Gasteiger partial charge >= 0.3 is 0 Å². The van der Waals surface area contributed by atoms with Crippen LogP contribution < -0.4 is 0 Å². The molecule has 0 atom stereocenters. The summed E-state index contributed by atoms with van der Waals surface area (Å²) in [6, 6.07) is 0. The van der Waals surface area contributed by atoms with Crippen molar-refractivity contribution in [2.75, 3.05) is 18.1 Å². The van der Waals surface area contributed by atoms with Crippen LogP contribution in [-0.2, 0) is 0 Å². The summed E-state index contributed by atoms with van der Waals surface area (Å²) < 4.78 is 0. The molecule has 0 saturated carbocycles. The van der Waals surface area contributed by atoms with Gasteiger partial charge in [0, 0.05) is 11.5 Å². The van der Waals surface area contributed by atoms with Crippen molar-refractivity contribution in [1.29, 1.82) is 0 Å². The molecule has 0 unspecified atom stereocenters. The molecule has 0 fully saturated rings. The van der Waals surface area contributed by atoms with E-state index in [-0.39, 0.29) is 6.61 Å². The fraction of sp³-hybridized carbons (Fsp3) is 0.647. The number of rotatable bonds is 10. The first-order valence-corrected chi connectivity index (χ1v) is 8.35. The normalized spacial score (nSPS) is 12.7. The summed E-state index contributed by atoms with van der Waals surface area (Å²) in [4.78, 5) is 0. The number of aliphatic hydroxyl groups is 1. The average molecular weight is 282 g/mol. The van der Waals surface area contributed by atoms with E-state index < -0.39 is 0 Å². The third kappa shape index (κ3) is 13.8. The largest absolute Gasteiger partial charge is 0.396 e. The topological polar surface area (TPSA) is 20.2 Å². The fourth-order valence-corrected chi connectivity index (χ4v) is 2.39. The minimum Gasteiger partial charge on any atom is -0.396 e. The highest BCUT2D eigenvalue weighted by atomic mass is 32.2. The lowest BCUT2D eigenvalue weighted by Gasteiger charge is -2.01. The van der Waals surface area contributed by atoms with Crippen LogP contribution in [0.25, 0.3) is 0 Å². The third-order valence-corrected chi connectivity index (χ3v) is 3.78. The molecule has 0 aromatic rings. The van der Waals surface area contributed by atoms with Gasteiger partial charge in [0.05, 0.1) is 6.61 Å². The zero-order chi connectivity index (χ0) is 14.5. The van der Waals surface area contributed by atoms with Crippen LogP contribution in [0.15, 0.2) is 34.9 Å². The Balaban J connectivity index is 3.77. The molecule has 1 N–H and O–H groups in total. The molecular weight excluding hydrogens is 252 g/mol. The van der Waals surface area contributed by atoms with Gasteiger partial charge in [-0.15, -0.1) is 0 Å². The highest BCUT2D eigenvalue weighted by Crippen LogP contribution is 2.12. The lowest BCUT2D eigenvalue weighted by atomic mass is 10.1. The van der Waals surface area contributed by atoms with Crippen molar-refractivity contribution in [3.63, 3.8) is 0 Å². The molecule has 0 bridgehead atoms. The van der Waals surface area contributed by atoms with Gasteiger partial charge in [-0.3, -0.25) is 0 Å². The van der Waals surface area contributed by atoms with E-state index in [4.69, 9.17) is 5.11 Å². The smallest absolute Gasteiger partial charge is 0.0521 e. The first kappa shape index (κ1) is 18.5. The Kier molecular flexibility index (Phi) is 12.2.